The quantitative estimate of drug-likeness (QED) is 0.851. The highest BCUT2D eigenvalue weighted by atomic mass is 35.7. The van der Waals surface area contributed by atoms with Gasteiger partial charge < -0.3 is 5.11 Å². The van der Waals surface area contributed by atoms with Crippen LogP contribution in [0, 0.1) is 5.41 Å². The van der Waals surface area contributed by atoms with Gasteiger partial charge in [0, 0.05) is 33.4 Å². The minimum absolute atomic E-state index is 0.0678. The van der Waals surface area contributed by atoms with Crippen molar-refractivity contribution in [3.63, 3.8) is 0 Å². The van der Waals surface area contributed by atoms with Crippen LogP contribution < -0.4 is 0 Å². The van der Waals surface area contributed by atoms with E-state index in [2.05, 4.69) is 4.98 Å². The van der Waals surface area contributed by atoms with Gasteiger partial charge in [0.25, 0.3) is 0 Å². The van der Waals surface area contributed by atoms with Gasteiger partial charge in [-0.25, -0.2) is 8.42 Å². The lowest BCUT2D eigenvalue weighted by Crippen LogP contribution is -2.70. The zero-order valence-electron chi connectivity index (χ0n) is 9.71. The van der Waals surface area contributed by atoms with Crippen LogP contribution in [0.3, 0.4) is 0 Å². The monoisotopic (exact) mass is 287 g/mol. The Morgan fingerprint density at radius 2 is 2.06 bits per heavy atom. The van der Waals surface area contributed by atoms with Gasteiger partial charge in [-0.15, -0.1) is 0 Å². The van der Waals surface area contributed by atoms with Gasteiger partial charge in [-0.3, -0.25) is 4.98 Å². The Hall–Kier alpha value is -0.650. The molecule has 1 aromatic rings. The van der Waals surface area contributed by atoms with Crippen LogP contribution in [-0.4, -0.2) is 30.4 Å². The molecule has 2 bridgehead atoms. The molecule has 4 nitrogen and oxygen atoms in total. The molecule has 0 spiro atoms. The highest BCUT2D eigenvalue weighted by Gasteiger charge is 2.71. The van der Waals surface area contributed by atoms with E-state index in [9.17, 15) is 13.5 Å². The number of aromatic nitrogens is 1. The maximum absolute atomic E-state index is 11.0. The van der Waals surface area contributed by atoms with E-state index in [0.29, 0.717) is 0 Å². The zero-order chi connectivity index (χ0) is 13.0. The number of rotatable bonds is 4. The molecule has 1 aromatic heterocycles. The van der Waals surface area contributed by atoms with Gasteiger partial charge in [0.15, 0.2) is 0 Å². The van der Waals surface area contributed by atoms with Crippen LogP contribution in [0.15, 0.2) is 24.4 Å². The van der Waals surface area contributed by atoms with Gasteiger partial charge in [-0.05, 0) is 31.4 Å². The number of aliphatic hydroxyl groups excluding tert-OH is 1. The average molecular weight is 288 g/mol. The Balaban J connectivity index is 1.70. The van der Waals surface area contributed by atoms with Crippen LogP contribution in [0.5, 0.6) is 0 Å². The van der Waals surface area contributed by atoms with Gasteiger partial charge in [0.1, 0.15) is 0 Å². The number of nitrogens with zero attached hydrogens (tertiary/aromatic N) is 1. The van der Waals surface area contributed by atoms with E-state index >= 15 is 0 Å². The van der Waals surface area contributed by atoms with Crippen molar-refractivity contribution in [3.8, 4) is 0 Å². The molecule has 1 unspecified atom stereocenters. The topological polar surface area (TPSA) is 67.3 Å². The largest absolute Gasteiger partial charge is 0.391 e. The highest BCUT2D eigenvalue weighted by Crippen LogP contribution is 2.74. The second-order valence-electron chi connectivity index (χ2n) is 5.61. The maximum atomic E-state index is 11.0. The van der Waals surface area contributed by atoms with Crippen molar-refractivity contribution in [2.24, 2.45) is 5.41 Å². The molecule has 0 amide bonds. The van der Waals surface area contributed by atoms with E-state index in [1.54, 1.807) is 6.20 Å². The van der Waals surface area contributed by atoms with Crippen molar-refractivity contribution in [1.29, 1.82) is 0 Å². The van der Waals surface area contributed by atoms with Crippen LogP contribution in [0.2, 0.25) is 0 Å². The van der Waals surface area contributed by atoms with Gasteiger partial charge in [0.2, 0.25) is 9.05 Å². The summed E-state index contributed by atoms with van der Waals surface area (Å²) >= 11 is 0. The van der Waals surface area contributed by atoms with E-state index < -0.39 is 15.2 Å². The summed E-state index contributed by atoms with van der Waals surface area (Å²) < 4.78 is 22.0. The summed E-state index contributed by atoms with van der Waals surface area (Å²) in [4.78, 5) is 4.35. The Labute approximate surface area is 110 Å². The Morgan fingerprint density at radius 3 is 2.56 bits per heavy atom. The molecule has 98 valence electrons. The van der Waals surface area contributed by atoms with Crippen molar-refractivity contribution in [2.45, 2.75) is 30.8 Å². The molecule has 0 radical (unpaired) electrons. The predicted octanol–water partition coefficient (Wildman–Crippen LogP) is 1.43. The Bertz CT molecular complexity index is 552. The second kappa shape index (κ2) is 3.68. The van der Waals surface area contributed by atoms with E-state index in [4.69, 9.17) is 10.7 Å². The molecule has 1 atom stereocenters. The molecule has 0 aromatic carbocycles. The molecule has 1 N–H and O–H groups in total. The summed E-state index contributed by atoms with van der Waals surface area (Å²) in [5.41, 5.74) is 0.866. The summed E-state index contributed by atoms with van der Waals surface area (Å²) in [6, 6.07) is 5.82. The molecule has 3 aliphatic carbocycles. The molecular weight excluding hydrogens is 274 g/mol. The maximum Gasteiger partial charge on any atom is 0.235 e. The van der Waals surface area contributed by atoms with Gasteiger partial charge in [-0.1, -0.05) is 6.07 Å². The smallest absolute Gasteiger partial charge is 0.235 e. The molecular formula is C12H14ClNO3S. The van der Waals surface area contributed by atoms with Crippen LogP contribution in [0.25, 0.3) is 0 Å². The van der Waals surface area contributed by atoms with E-state index in [1.807, 2.05) is 18.2 Å². The fraction of sp³-hybridized carbons (Fsp3) is 0.583. The summed E-state index contributed by atoms with van der Waals surface area (Å²) in [6.07, 6.45) is 3.34. The molecule has 3 fully saturated rings. The van der Waals surface area contributed by atoms with Crippen molar-refractivity contribution in [2.75, 3.05) is 5.75 Å². The van der Waals surface area contributed by atoms with Crippen molar-refractivity contribution >= 4 is 19.7 Å². The first-order valence-corrected chi connectivity index (χ1v) is 8.35. The van der Waals surface area contributed by atoms with E-state index in [-0.39, 0.29) is 16.6 Å². The number of hydrogen-bond donors (Lipinski definition) is 1. The molecule has 1 heterocycles. The second-order valence-corrected chi connectivity index (χ2v) is 8.43. The Morgan fingerprint density at radius 1 is 1.39 bits per heavy atom. The third-order valence-electron chi connectivity index (χ3n) is 4.34. The summed E-state index contributed by atoms with van der Waals surface area (Å²) in [7, 11) is 1.55. The normalized spacial score (nSPS) is 35.4. The number of pyridine rings is 1. The van der Waals surface area contributed by atoms with Crippen LogP contribution >= 0.6 is 10.7 Å². The lowest BCUT2D eigenvalue weighted by Gasteiger charge is -2.72. The molecule has 0 aliphatic heterocycles. The first-order valence-electron chi connectivity index (χ1n) is 5.87. The van der Waals surface area contributed by atoms with Gasteiger partial charge in [-0.2, -0.15) is 0 Å². The number of aliphatic hydroxyl groups is 1. The minimum atomic E-state index is -3.64. The van der Waals surface area contributed by atoms with Crippen molar-refractivity contribution in [3.05, 3.63) is 30.1 Å². The number of halogens is 1. The van der Waals surface area contributed by atoms with Crippen LogP contribution in [0.1, 0.15) is 25.0 Å². The lowest BCUT2D eigenvalue weighted by molar-refractivity contribution is -0.202. The van der Waals surface area contributed by atoms with Gasteiger partial charge >= 0.3 is 0 Å². The average Bonchev–Trinajstić information content (AvgIpc) is 2.12. The van der Waals surface area contributed by atoms with E-state index in [1.165, 1.54) is 0 Å². The number of hydrogen-bond acceptors (Lipinski definition) is 4. The molecule has 3 saturated carbocycles. The van der Waals surface area contributed by atoms with E-state index in [0.717, 1.165) is 25.0 Å². The molecule has 0 saturated heterocycles. The standard InChI is InChI=1S/C12H14ClNO3S/c13-18(16,17)5-10(15)12-6-11(7-12,8-12)9-3-1-2-4-14-9/h1-4,10,15H,5-8H2. The molecule has 6 heteroatoms. The molecule has 18 heavy (non-hydrogen) atoms. The summed E-state index contributed by atoms with van der Waals surface area (Å²) in [5, 5.41) is 9.98. The van der Waals surface area contributed by atoms with Gasteiger partial charge in [0.05, 0.1) is 11.9 Å². The van der Waals surface area contributed by atoms with Crippen LogP contribution in [-0.2, 0) is 14.5 Å². The van der Waals surface area contributed by atoms with Crippen molar-refractivity contribution in [1.82, 2.24) is 4.98 Å². The third-order valence-corrected chi connectivity index (χ3v) is 5.44. The van der Waals surface area contributed by atoms with Crippen molar-refractivity contribution < 1.29 is 13.5 Å². The fourth-order valence-corrected chi connectivity index (χ4v) is 4.62. The first-order chi connectivity index (χ1) is 8.35. The Kier molecular flexibility index (Phi) is 2.53. The SMILES string of the molecule is O=S(=O)(Cl)CC(O)C12CC(c3ccccn3)(C1)C2. The predicted molar refractivity (Wildman–Crippen MR) is 67.8 cm³/mol. The minimum Gasteiger partial charge on any atom is -0.391 e. The fourth-order valence-electron chi connectivity index (χ4n) is 3.53. The summed E-state index contributed by atoms with van der Waals surface area (Å²) in [5.74, 6) is -0.354. The lowest BCUT2D eigenvalue weighted by atomic mass is 9.33. The molecule has 4 rings (SSSR count). The van der Waals surface area contributed by atoms with Crippen LogP contribution in [0.4, 0.5) is 0 Å². The summed E-state index contributed by atoms with van der Waals surface area (Å²) in [6.45, 7) is 0. The zero-order valence-corrected chi connectivity index (χ0v) is 11.3. The highest BCUT2D eigenvalue weighted by molar-refractivity contribution is 8.13. The molecule has 3 aliphatic rings. The first kappa shape index (κ1) is 12.4. The third kappa shape index (κ3) is 1.76.